The second kappa shape index (κ2) is 5.46. The molecule has 1 fully saturated rings. The summed E-state index contributed by atoms with van der Waals surface area (Å²) in [5.41, 5.74) is 0. The summed E-state index contributed by atoms with van der Waals surface area (Å²) < 4.78 is 25.3. The lowest BCUT2D eigenvalue weighted by molar-refractivity contribution is 0.244. The molecule has 0 amide bonds. The molecule has 1 aliphatic heterocycles. The van der Waals surface area contributed by atoms with E-state index in [4.69, 9.17) is 11.6 Å². The van der Waals surface area contributed by atoms with Gasteiger partial charge in [0.1, 0.15) is 0 Å². The lowest BCUT2D eigenvalue weighted by Gasteiger charge is -2.23. The predicted molar refractivity (Wildman–Crippen MR) is 75.6 cm³/mol. The van der Waals surface area contributed by atoms with Crippen LogP contribution in [0.5, 0.6) is 0 Å². The molecule has 0 bridgehead atoms. The van der Waals surface area contributed by atoms with E-state index >= 15 is 0 Å². The van der Waals surface area contributed by atoms with Gasteiger partial charge in [0.25, 0.3) is 0 Å². The lowest BCUT2D eigenvalue weighted by atomic mass is 10.2. The zero-order chi connectivity index (χ0) is 13.3. The van der Waals surface area contributed by atoms with Gasteiger partial charge < -0.3 is 0 Å². The van der Waals surface area contributed by atoms with Gasteiger partial charge in [0.15, 0.2) is 0 Å². The SMILES string of the molecule is CN(Cc1ccc(Cl)s1)C1CCN(S(C)(=O)=O)C1. The van der Waals surface area contributed by atoms with Crippen molar-refractivity contribution in [1.29, 1.82) is 0 Å². The van der Waals surface area contributed by atoms with Gasteiger partial charge in [-0.2, -0.15) is 0 Å². The summed E-state index contributed by atoms with van der Waals surface area (Å²) in [6, 6.07) is 4.21. The zero-order valence-corrected chi connectivity index (χ0v) is 12.9. The molecular weight excluding hydrogens is 292 g/mol. The molecule has 0 aliphatic carbocycles. The Morgan fingerprint density at radius 2 is 2.28 bits per heavy atom. The summed E-state index contributed by atoms with van der Waals surface area (Å²) in [6.07, 6.45) is 2.16. The van der Waals surface area contributed by atoms with Crippen LogP contribution in [0.25, 0.3) is 0 Å². The minimum Gasteiger partial charge on any atom is -0.297 e. The van der Waals surface area contributed by atoms with Crippen molar-refractivity contribution in [2.45, 2.75) is 19.0 Å². The molecule has 1 aromatic heterocycles. The smallest absolute Gasteiger partial charge is 0.211 e. The molecule has 102 valence electrons. The molecule has 1 atom stereocenters. The van der Waals surface area contributed by atoms with Gasteiger partial charge in [-0.1, -0.05) is 11.6 Å². The van der Waals surface area contributed by atoms with E-state index < -0.39 is 10.0 Å². The fraction of sp³-hybridized carbons (Fsp3) is 0.636. The van der Waals surface area contributed by atoms with Gasteiger partial charge in [0, 0.05) is 30.6 Å². The molecule has 1 saturated heterocycles. The topological polar surface area (TPSA) is 40.6 Å². The molecule has 18 heavy (non-hydrogen) atoms. The molecule has 4 nitrogen and oxygen atoms in total. The van der Waals surface area contributed by atoms with E-state index in [0.29, 0.717) is 19.1 Å². The maximum atomic E-state index is 11.5. The van der Waals surface area contributed by atoms with E-state index in [2.05, 4.69) is 4.90 Å². The van der Waals surface area contributed by atoms with Crippen molar-refractivity contribution >= 4 is 33.0 Å². The monoisotopic (exact) mass is 308 g/mol. The molecule has 7 heteroatoms. The molecule has 0 radical (unpaired) electrons. The van der Waals surface area contributed by atoms with Gasteiger partial charge in [-0.3, -0.25) is 4.90 Å². The van der Waals surface area contributed by atoms with Crippen LogP contribution in [0.15, 0.2) is 12.1 Å². The van der Waals surface area contributed by atoms with Crippen LogP contribution in [-0.4, -0.2) is 50.1 Å². The molecule has 0 N–H and O–H groups in total. The van der Waals surface area contributed by atoms with Crippen LogP contribution in [0.2, 0.25) is 4.34 Å². The van der Waals surface area contributed by atoms with E-state index in [-0.39, 0.29) is 0 Å². The second-order valence-corrected chi connectivity index (χ2v) is 8.47. The van der Waals surface area contributed by atoms with Crippen LogP contribution in [0.1, 0.15) is 11.3 Å². The van der Waals surface area contributed by atoms with Crippen molar-refractivity contribution in [3.8, 4) is 0 Å². The van der Waals surface area contributed by atoms with Gasteiger partial charge in [0.2, 0.25) is 10.0 Å². The Morgan fingerprint density at radius 3 is 2.78 bits per heavy atom. The van der Waals surface area contributed by atoms with E-state index in [1.807, 2.05) is 19.2 Å². The van der Waals surface area contributed by atoms with Gasteiger partial charge in [-0.25, -0.2) is 12.7 Å². The Labute approximate surface area is 117 Å². The number of halogens is 1. The number of rotatable bonds is 4. The molecule has 1 aliphatic rings. The van der Waals surface area contributed by atoms with Gasteiger partial charge in [0.05, 0.1) is 10.6 Å². The number of hydrogen-bond acceptors (Lipinski definition) is 4. The Hall–Kier alpha value is -0.140. The summed E-state index contributed by atoms with van der Waals surface area (Å²) in [5, 5.41) is 0. The summed E-state index contributed by atoms with van der Waals surface area (Å²) in [6.45, 7) is 2.03. The molecule has 1 aromatic rings. The maximum absolute atomic E-state index is 11.5. The zero-order valence-electron chi connectivity index (χ0n) is 10.5. The Balaban J connectivity index is 1.93. The highest BCUT2D eigenvalue weighted by molar-refractivity contribution is 7.88. The number of sulfonamides is 1. The molecular formula is C11H17ClN2O2S2. The third-order valence-electron chi connectivity index (χ3n) is 3.25. The predicted octanol–water partition coefficient (Wildman–Crippen LogP) is 1.87. The fourth-order valence-electron chi connectivity index (χ4n) is 2.18. The molecule has 1 unspecified atom stereocenters. The van der Waals surface area contributed by atoms with E-state index in [1.165, 1.54) is 11.1 Å². The summed E-state index contributed by atoms with van der Waals surface area (Å²) in [5.74, 6) is 0. The van der Waals surface area contributed by atoms with Crippen LogP contribution >= 0.6 is 22.9 Å². The Bertz CT molecular complexity index is 515. The molecule has 0 aromatic carbocycles. The van der Waals surface area contributed by atoms with Crippen molar-refractivity contribution in [2.24, 2.45) is 0 Å². The van der Waals surface area contributed by atoms with Crippen LogP contribution in [0.3, 0.4) is 0 Å². The summed E-state index contributed by atoms with van der Waals surface area (Å²) in [7, 11) is -1.02. The van der Waals surface area contributed by atoms with E-state index in [0.717, 1.165) is 17.3 Å². The largest absolute Gasteiger partial charge is 0.297 e. The molecule has 0 spiro atoms. The highest BCUT2D eigenvalue weighted by Gasteiger charge is 2.30. The van der Waals surface area contributed by atoms with Crippen LogP contribution in [0, 0.1) is 0 Å². The third kappa shape index (κ3) is 3.45. The van der Waals surface area contributed by atoms with Crippen molar-refractivity contribution < 1.29 is 8.42 Å². The minimum absolute atomic E-state index is 0.292. The molecule has 2 rings (SSSR count). The first-order valence-electron chi connectivity index (χ1n) is 5.76. The van der Waals surface area contributed by atoms with Gasteiger partial charge in [-0.15, -0.1) is 11.3 Å². The van der Waals surface area contributed by atoms with Crippen molar-refractivity contribution in [3.05, 3.63) is 21.3 Å². The first-order valence-corrected chi connectivity index (χ1v) is 8.80. The molecule has 0 saturated carbocycles. The number of thiophene rings is 1. The first kappa shape index (κ1) is 14.3. The number of hydrogen-bond donors (Lipinski definition) is 0. The Morgan fingerprint density at radius 1 is 1.56 bits per heavy atom. The second-order valence-electron chi connectivity index (χ2n) is 4.68. The Kier molecular flexibility index (Phi) is 4.33. The van der Waals surface area contributed by atoms with Gasteiger partial charge in [-0.05, 0) is 25.6 Å². The van der Waals surface area contributed by atoms with Gasteiger partial charge >= 0.3 is 0 Å². The van der Waals surface area contributed by atoms with Crippen molar-refractivity contribution in [1.82, 2.24) is 9.21 Å². The van der Waals surface area contributed by atoms with Crippen molar-refractivity contribution in [3.63, 3.8) is 0 Å². The quantitative estimate of drug-likeness (QED) is 0.852. The first-order chi connectivity index (χ1) is 8.36. The minimum atomic E-state index is -3.05. The summed E-state index contributed by atoms with van der Waals surface area (Å²) in [4.78, 5) is 3.41. The lowest BCUT2D eigenvalue weighted by Crippen LogP contribution is -2.35. The average Bonchev–Trinajstić information content (AvgIpc) is 2.85. The third-order valence-corrected chi connectivity index (χ3v) is 5.74. The number of nitrogens with zero attached hydrogens (tertiary/aromatic N) is 2. The average molecular weight is 309 g/mol. The van der Waals surface area contributed by atoms with E-state index in [1.54, 1.807) is 15.6 Å². The highest BCUT2D eigenvalue weighted by Crippen LogP contribution is 2.24. The maximum Gasteiger partial charge on any atom is 0.211 e. The standard InChI is InChI=1S/C11H17ClN2O2S2/c1-13(8-10-3-4-11(12)17-10)9-5-6-14(7-9)18(2,15)16/h3-4,9H,5-8H2,1-2H3. The van der Waals surface area contributed by atoms with Crippen LogP contribution < -0.4 is 0 Å². The van der Waals surface area contributed by atoms with Crippen LogP contribution in [-0.2, 0) is 16.6 Å². The van der Waals surface area contributed by atoms with E-state index in [9.17, 15) is 8.42 Å². The fourth-order valence-corrected chi connectivity index (χ4v) is 4.21. The summed E-state index contributed by atoms with van der Waals surface area (Å²) >= 11 is 7.47. The molecule has 2 heterocycles. The van der Waals surface area contributed by atoms with Crippen molar-refractivity contribution in [2.75, 3.05) is 26.4 Å². The normalized spacial score (nSPS) is 21.9. The van der Waals surface area contributed by atoms with Crippen LogP contribution in [0.4, 0.5) is 0 Å². The number of likely N-dealkylation sites (N-methyl/N-ethyl adjacent to an activating group) is 1. The highest BCUT2D eigenvalue weighted by atomic mass is 35.5.